The molecule has 0 saturated carbocycles. The maximum Gasteiger partial charge on any atom is 0.0991 e. The van der Waals surface area contributed by atoms with Gasteiger partial charge in [0.1, 0.15) is 0 Å². The molecule has 1 aromatic carbocycles. The molecule has 1 heterocycles. The Balaban J connectivity index is 2.08. The Morgan fingerprint density at radius 3 is 2.95 bits per heavy atom. The molecule has 1 saturated heterocycles. The number of nitriles is 1. The number of nitrogens with one attached hydrogen (secondary N) is 1. The summed E-state index contributed by atoms with van der Waals surface area (Å²) in [5.74, 6) is 0. The highest BCUT2D eigenvalue weighted by atomic mass is 15.2. The maximum absolute atomic E-state index is 8.92. The van der Waals surface area contributed by atoms with E-state index in [0.717, 1.165) is 18.7 Å². The number of hydrogen-bond donors (Lipinski definition) is 1. The van der Waals surface area contributed by atoms with Gasteiger partial charge in [-0.15, -0.1) is 0 Å². The summed E-state index contributed by atoms with van der Waals surface area (Å²) in [5, 5.41) is 12.2. The second kappa shape index (κ2) is 6.70. The summed E-state index contributed by atoms with van der Waals surface area (Å²) in [6.45, 7) is 5.36. The summed E-state index contributed by atoms with van der Waals surface area (Å²) in [6, 6.07) is 8.88. The first-order valence-corrected chi connectivity index (χ1v) is 7.13. The summed E-state index contributed by atoms with van der Waals surface area (Å²) >= 11 is 0. The summed E-state index contributed by atoms with van der Waals surface area (Å²) < 4.78 is 0. The second-order valence-corrected chi connectivity index (χ2v) is 5.43. The summed E-state index contributed by atoms with van der Waals surface area (Å²) in [6.07, 6.45) is 3.93. The third-order valence-electron chi connectivity index (χ3n) is 4.03. The lowest BCUT2D eigenvalue weighted by molar-refractivity contribution is 0.139. The Hall–Kier alpha value is -1.37. The molecule has 1 unspecified atom stereocenters. The Morgan fingerprint density at radius 1 is 1.42 bits per heavy atom. The summed E-state index contributed by atoms with van der Waals surface area (Å²) in [4.78, 5) is 2.58. The lowest BCUT2D eigenvalue weighted by Gasteiger charge is -2.36. The zero-order valence-corrected chi connectivity index (χ0v) is 11.9. The van der Waals surface area contributed by atoms with Gasteiger partial charge in [0.15, 0.2) is 0 Å². The van der Waals surface area contributed by atoms with Gasteiger partial charge >= 0.3 is 0 Å². The smallest absolute Gasteiger partial charge is 0.0991 e. The van der Waals surface area contributed by atoms with Crippen LogP contribution >= 0.6 is 0 Å². The second-order valence-electron chi connectivity index (χ2n) is 5.43. The largest absolute Gasteiger partial charge is 0.318 e. The number of likely N-dealkylation sites (tertiary alicyclic amines) is 1. The van der Waals surface area contributed by atoms with Crippen LogP contribution in [0, 0.1) is 18.3 Å². The highest BCUT2D eigenvalue weighted by molar-refractivity contribution is 5.37. The summed E-state index contributed by atoms with van der Waals surface area (Å²) in [5.41, 5.74) is 3.33. The molecular formula is C16H23N3. The molecule has 0 aromatic heterocycles. The fourth-order valence-electron chi connectivity index (χ4n) is 2.90. The minimum Gasteiger partial charge on any atom is -0.318 e. The predicted molar refractivity (Wildman–Crippen MR) is 77.9 cm³/mol. The Labute approximate surface area is 116 Å². The van der Waals surface area contributed by atoms with Gasteiger partial charge in [0, 0.05) is 19.1 Å². The Morgan fingerprint density at radius 2 is 2.26 bits per heavy atom. The van der Waals surface area contributed by atoms with E-state index in [1.54, 1.807) is 0 Å². The van der Waals surface area contributed by atoms with E-state index in [1.807, 2.05) is 19.2 Å². The molecular weight excluding hydrogens is 234 g/mol. The first-order valence-electron chi connectivity index (χ1n) is 7.13. The van der Waals surface area contributed by atoms with Crippen molar-refractivity contribution in [3.63, 3.8) is 0 Å². The predicted octanol–water partition coefficient (Wildman–Crippen LogP) is 2.44. The third-order valence-corrected chi connectivity index (χ3v) is 4.03. The zero-order chi connectivity index (χ0) is 13.7. The van der Waals surface area contributed by atoms with Crippen LogP contribution in [0.25, 0.3) is 0 Å². The standard InChI is InChI=1S/C16H23N3/c1-13-9-14(10-17)6-7-15(13)12-19-8-4-3-5-16(19)11-18-2/h6-7,9,16,18H,3-5,8,11-12H2,1-2H3. The molecule has 1 aromatic rings. The lowest BCUT2D eigenvalue weighted by atomic mass is 9.99. The summed E-state index contributed by atoms with van der Waals surface area (Å²) in [7, 11) is 2.03. The van der Waals surface area contributed by atoms with Gasteiger partial charge in [-0.3, -0.25) is 4.90 Å². The van der Waals surface area contributed by atoms with Crippen molar-refractivity contribution < 1.29 is 0 Å². The topological polar surface area (TPSA) is 39.1 Å². The molecule has 102 valence electrons. The Kier molecular flexibility index (Phi) is 4.95. The van der Waals surface area contributed by atoms with Crippen LogP contribution in [0.4, 0.5) is 0 Å². The number of rotatable bonds is 4. The minimum atomic E-state index is 0.647. The molecule has 1 atom stereocenters. The molecule has 0 bridgehead atoms. The van der Waals surface area contributed by atoms with E-state index in [2.05, 4.69) is 29.3 Å². The van der Waals surface area contributed by atoms with Gasteiger partial charge in [-0.2, -0.15) is 5.26 Å². The number of nitrogens with zero attached hydrogens (tertiary/aromatic N) is 2. The number of aryl methyl sites for hydroxylation is 1. The van der Waals surface area contributed by atoms with Crippen molar-refractivity contribution in [2.45, 2.75) is 38.8 Å². The molecule has 1 aliphatic rings. The highest BCUT2D eigenvalue weighted by Crippen LogP contribution is 2.21. The van der Waals surface area contributed by atoms with Crippen molar-refractivity contribution in [2.75, 3.05) is 20.1 Å². The molecule has 3 nitrogen and oxygen atoms in total. The first-order chi connectivity index (χ1) is 9.24. The molecule has 0 amide bonds. The number of piperidine rings is 1. The minimum absolute atomic E-state index is 0.647. The van der Waals surface area contributed by atoms with Gasteiger partial charge in [0.25, 0.3) is 0 Å². The van der Waals surface area contributed by atoms with Crippen LogP contribution in [0.2, 0.25) is 0 Å². The van der Waals surface area contributed by atoms with Crippen molar-refractivity contribution in [3.05, 3.63) is 34.9 Å². The van der Waals surface area contributed by atoms with E-state index in [4.69, 9.17) is 5.26 Å². The van der Waals surface area contributed by atoms with E-state index < -0.39 is 0 Å². The van der Waals surface area contributed by atoms with Gasteiger partial charge in [-0.25, -0.2) is 0 Å². The fraction of sp³-hybridized carbons (Fsp3) is 0.562. The van der Waals surface area contributed by atoms with Crippen molar-refractivity contribution in [1.29, 1.82) is 5.26 Å². The third kappa shape index (κ3) is 3.56. The first kappa shape index (κ1) is 14.0. The highest BCUT2D eigenvalue weighted by Gasteiger charge is 2.22. The molecule has 2 rings (SSSR count). The van der Waals surface area contributed by atoms with Crippen molar-refractivity contribution >= 4 is 0 Å². The molecule has 0 aliphatic carbocycles. The fourth-order valence-corrected chi connectivity index (χ4v) is 2.90. The molecule has 0 spiro atoms. The van der Waals surface area contributed by atoms with Crippen molar-refractivity contribution in [1.82, 2.24) is 10.2 Å². The maximum atomic E-state index is 8.92. The zero-order valence-electron chi connectivity index (χ0n) is 11.9. The lowest BCUT2D eigenvalue weighted by Crippen LogP contribution is -2.44. The van der Waals surface area contributed by atoms with E-state index >= 15 is 0 Å². The van der Waals surface area contributed by atoms with Crippen LogP contribution in [-0.4, -0.2) is 31.1 Å². The van der Waals surface area contributed by atoms with E-state index in [0.29, 0.717) is 6.04 Å². The average Bonchev–Trinajstić information content (AvgIpc) is 2.43. The number of hydrogen-bond acceptors (Lipinski definition) is 3. The van der Waals surface area contributed by atoms with Crippen LogP contribution in [0.15, 0.2) is 18.2 Å². The number of likely N-dealkylation sites (N-methyl/N-ethyl adjacent to an activating group) is 1. The van der Waals surface area contributed by atoms with Crippen molar-refractivity contribution in [2.24, 2.45) is 0 Å². The quantitative estimate of drug-likeness (QED) is 0.900. The molecule has 1 fully saturated rings. The van der Waals surface area contributed by atoms with Gasteiger partial charge in [-0.05, 0) is 56.6 Å². The van der Waals surface area contributed by atoms with Crippen LogP contribution in [0.3, 0.4) is 0 Å². The molecule has 3 heteroatoms. The van der Waals surface area contributed by atoms with Gasteiger partial charge < -0.3 is 5.32 Å². The van der Waals surface area contributed by atoms with Crippen LogP contribution < -0.4 is 5.32 Å². The van der Waals surface area contributed by atoms with Crippen LogP contribution in [0.1, 0.15) is 36.0 Å². The average molecular weight is 257 g/mol. The van der Waals surface area contributed by atoms with E-state index in [-0.39, 0.29) is 0 Å². The molecule has 19 heavy (non-hydrogen) atoms. The molecule has 1 N–H and O–H groups in total. The monoisotopic (exact) mass is 257 g/mol. The number of benzene rings is 1. The normalized spacial score (nSPS) is 20.2. The molecule has 1 aliphatic heterocycles. The van der Waals surface area contributed by atoms with Crippen LogP contribution in [0.5, 0.6) is 0 Å². The van der Waals surface area contributed by atoms with Crippen LogP contribution in [-0.2, 0) is 6.54 Å². The van der Waals surface area contributed by atoms with Crippen molar-refractivity contribution in [3.8, 4) is 6.07 Å². The SMILES string of the molecule is CNCC1CCCCN1Cc1ccc(C#N)cc1C. The van der Waals surface area contributed by atoms with Gasteiger partial charge in [-0.1, -0.05) is 12.5 Å². The Bertz CT molecular complexity index is 460. The van der Waals surface area contributed by atoms with Gasteiger partial charge in [0.2, 0.25) is 0 Å². The van der Waals surface area contributed by atoms with Gasteiger partial charge in [0.05, 0.1) is 11.6 Å². The van der Waals surface area contributed by atoms with E-state index in [9.17, 15) is 0 Å². The molecule has 0 radical (unpaired) electrons. The van der Waals surface area contributed by atoms with E-state index in [1.165, 1.54) is 36.9 Å².